The monoisotopic (exact) mass is 227 g/mol. The number of halogens is 1. The summed E-state index contributed by atoms with van der Waals surface area (Å²) in [5.41, 5.74) is 0. The summed E-state index contributed by atoms with van der Waals surface area (Å²) in [5.74, 6) is 1.64. The molecular weight excluding hydrogens is 210 g/mol. The minimum Gasteiger partial charge on any atom is -0.367 e. The third-order valence-electron chi connectivity index (χ3n) is 2.22. The highest BCUT2D eigenvalue weighted by Gasteiger charge is 2.04. The molecule has 1 aromatic heterocycles. The van der Waals surface area contributed by atoms with E-state index >= 15 is 0 Å². The van der Waals surface area contributed by atoms with E-state index in [2.05, 4.69) is 36.1 Å². The first-order valence-electron chi connectivity index (χ1n) is 5.45. The second-order valence-corrected chi connectivity index (χ2v) is 4.08. The van der Waals surface area contributed by atoms with Crippen LogP contribution in [0.4, 0.5) is 5.82 Å². The van der Waals surface area contributed by atoms with E-state index in [9.17, 15) is 0 Å². The number of aromatic nitrogens is 2. The highest BCUT2D eigenvalue weighted by molar-refractivity contribution is 6.29. The van der Waals surface area contributed by atoms with Crippen molar-refractivity contribution in [3.8, 4) is 0 Å². The Morgan fingerprint density at radius 2 is 2.13 bits per heavy atom. The molecule has 0 bridgehead atoms. The molecular formula is C11H18ClN3. The number of anilines is 1. The second kappa shape index (κ2) is 5.91. The van der Waals surface area contributed by atoms with Crippen molar-refractivity contribution in [3.05, 3.63) is 17.0 Å². The predicted molar refractivity (Wildman–Crippen MR) is 64.4 cm³/mol. The number of nitrogens with zero attached hydrogens (tertiary/aromatic N) is 2. The third-order valence-corrected chi connectivity index (χ3v) is 2.42. The molecule has 0 aliphatic heterocycles. The summed E-state index contributed by atoms with van der Waals surface area (Å²) in [6.45, 7) is 6.36. The summed E-state index contributed by atoms with van der Waals surface area (Å²) in [5, 5.41) is 3.81. The largest absolute Gasteiger partial charge is 0.367 e. The maximum absolute atomic E-state index is 5.92. The number of hydrogen-bond acceptors (Lipinski definition) is 3. The van der Waals surface area contributed by atoms with E-state index in [1.54, 1.807) is 6.07 Å². The zero-order valence-corrected chi connectivity index (χ0v) is 10.3. The van der Waals surface area contributed by atoms with Crippen molar-refractivity contribution in [2.75, 3.05) is 5.32 Å². The van der Waals surface area contributed by atoms with E-state index in [4.69, 9.17) is 11.6 Å². The first kappa shape index (κ1) is 12.2. The van der Waals surface area contributed by atoms with Crippen LogP contribution in [0.1, 0.15) is 39.4 Å². The lowest BCUT2D eigenvalue weighted by molar-refractivity contribution is 0.752. The van der Waals surface area contributed by atoms with E-state index < -0.39 is 0 Å². The summed E-state index contributed by atoms with van der Waals surface area (Å²) >= 11 is 5.92. The Bertz CT molecular complexity index is 315. The lowest BCUT2D eigenvalue weighted by Crippen LogP contribution is -2.15. The van der Waals surface area contributed by atoms with Gasteiger partial charge < -0.3 is 5.32 Å². The number of nitrogens with one attached hydrogen (secondary N) is 1. The Morgan fingerprint density at radius 3 is 2.73 bits per heavy atom. The molecule has 1 atom stereocenters. The molecule has 3 nitrogen and oxygen atoms in total. The molecule has 1 rings (SSSR count). The smallest absolute Gasteiger partial charge is 0.134 e. The minimum atomic E-state index is 0.408. The fourth-order valence-electron chi connectivity index (χ4n) is 1.23. The fraction of sp³-hybridized carbons (Fsp3) is 0.636. The Kier molecular flexibility index (Phi) is 4.82. The zero-order chi connectivity index (χ0) is 11.3. The minimum absolute atomic E-state index is 0.408. The van der Waals surface area contributed by atoms with Gasteiger partial charge in [-0.1, -0.05) is 25.4 Å². The lowest BCUT2D eigenvalue weighted by atomic mass is 10.2. The molecule has 1 heterocycles. The van der Waals surface area contributed by atoms with Crippen molar-refractivity contribution in [1.82, 2.24) is 9.97 Å². The quantitative estimate of drug-likeness (QED) is 0.785. The van der Waals surface area contributed by atoms with Gasteiger partial charge in [0.15, 0.2) is 0 Å². The van der Waals surface area contributed by atoms with Gasteiger partial charge in [-0.2, -0.15) is 0 Å². The molecule has 1 aromatic rings. The molecule has 0 fully saturated rings. The normalized spacial score (nSPS) is 12.5. The van der Waals surface area contributed by atoms with Gasteiger partial charge in [-0.25, -0.2) is 9.97 Å². The number of aryl methyl sites for hydroxylation is 1. The molecule has 1 N–H and O–H groups in total. The van der Waals surface area contributed by atoms with Crippen LogP contribution in [0.25, 0.3) is 0 Å². The topological polar surface area (TPSA) is 37.8 Å². The van der Waals surface area contributed by atoms with Crippen LogP contribution in [-0.4, -0.2) is 16.0 Å². The van der Waals surface area contributed by atoms with E-state index in [-0.39, 0.29) is 0 Å². The molecule has 4 heteroatoms. The van der Waals surface area contributed by atoms with Gasteiger partial charge in [-0.15, -0.1) is 0 Å². The Morgan fingerprint density at radius 1 is 1.40 bits per heavy atom. The van der Waals surface area contributed by atoms with Gasteiger partial charge in [0.25, 0.3) is 0 Å². The molecule has 0 saturated heterocycles. The van der Waals surface area contributed by atoms with Gasteiger partial charge in [0.05, 0.1) is 0 Å². The fourth-order valence-corrected chi connectivity index (χ4v) is 1.43. The maximum atomic E-state index is 5.92. The molecule has 1 unspecified atom stereocenters. The Balaban J connectivity index is 2.78. The molecule has 15 heavy (non-hydrogen) atoms. The van der Waals surface area contributed by atoms with Gasteiger partial charge in [-0.3, -0.25) is 0 Å². The molecule has 0 spiro atoms. The van der Waals surface area contributed by atoms with Gasteiger partial charge in [-0.05, 0) is 19.8 Å². The van der Waals surface area contributed by atoms with Crippen molar-refractivity contribution in [3.63, 3.8) is 0 Å². The van der Waals surface area contributed by atoms with Gasteiger partial charge in [0.2, 0.25) is 0 Å². The molecule has 0 aliphatic carbocycles. The molecule has 84 valence electrons. The van der Waals surface area contributed by atoms with Crippen LogP contribution >= 0.6 is 11.6 Å². The van der Waals surface area contributed by atoms with Gasteiger partial charge in [0.1, 0.15) is 16.8 Å². The molecule has 0 amide bonds. The maximum Gasteiger partial charge on any atom is 0.134 e. The summed E-state index contributed by atoms with van der Waals surface area (Å²) in [4.78, 5) is 8.58. The first-order valence-corrected chi connectivity index (χ1v) is 5.83. The van der Waals surface area contributed by atoms with Crippen LogP contribution < -0.4 is 5.32 Å². The molecule has 0 aliphatic rings. The summed E-state index contributed by atoms with van der Waals surface area (Å²) < 4.78 is 0. The van der Waals surface area contributed by atoms with Crippen LogP contribution in [0.3, 0.4) is 0 Å². The van der Waals surface area contributed by atoms with Crippen LogP contribution in [0.2, 0.25) is 5.15 Å². The predicted octanol–water partition coefficient (Wildman–Crippen LogP) is 3.29. The summed E-state index contributed by atoms with van der Waals surface area (Å²) in [6, 6.07) is 2.18. The van der Waals surface area contributed by atoms with Crippen molar-refractivity contribution < 1.29 is 0 Å². The Labute approximate surface area is 96.3 Å². The van der Waals surface area contributed by atoms with Crippen molar-refractivity contribution in [2.45, 2.75) is 46.1 Å². The van der Waals surface area contributed by atoms with Crippen molar-refractivity contribution in [1.29, 1.82) is 0 Å². The van der Waals surface area contributed by atoms with Gasteiger partial charge >= 0.3 is 0 Å². The van der Waals surface area contributed by atoms with Crippen LogP contribution in [0.15, 0.2) is 6.07 Å². The van der Waals surface area contributed by atoms with Crippen molar-refractivity contribution >= 4 is 17.4 Å². The number of hydrogen-bond donors (Lipinski definition) is 1. The molecule has 0 aromatic carbocycles. The van der Waals surface area contributed by atoms with Crippen LogP contribution in [0, 0.1) is 0 Å². The third kappa shape index (κ3) is 4.04. The van der Waals surface area contributed by atoms with Crippen molar-refractivity contribution in [2.24, 2.45) is 0 Å². The van der Waals surface area contributed by atoms with Gasteiger partial charge in [0, 0.05) is 18.5 Å². The van der Waals surface area contributed by atoms with E-state index in [1.807, 2.05) is 0 Å². The lowest BCUT2D eigenvalue weighted by Gasteiger charge is -2.12. The van der Waals surface area contributed by atoms with E-state index in [1.165, 1.54) is 0 Å². The van der Waals surface area contributed by atoms with Crippen LogP contribution in [0.5, 0.6) is 0 Å². The standard InChI is InChI=1S/C11H18ClN3/c1-4-6-10-14-9(12)7-11(15-10)13-8(3)5-2/h7-8H,4-6H2,1-3H3,(H,13,14,15). The number of rotatable bonds is 5. The zero-order valence-electron chi connectivity index (χ0n) is 9.55. The molecule has 0 radical (unpaired) electrons. The molecule has 0 saturated carbocycles. The first-order chi connectivity index (χ1) is 7.15. The Hall–Kier alpha value is -0.830. The van der Waals surface area contributed by atoms with E-state index in [0.717, 1.165) is 30.9 Å². The SMILES string of the molecule is CCCc1nc(Cl)cc(NC(C)CC)n1. The van der Waals surface area contributed by atoms with Crippen LogP contribution in [-0.2, 0) is 6.42 Å². The van der Waals surface area contributed by atoms with E-state index in [0.29, 0.717) is 11.2 Å². The summed E-state index contributed by atoms with van der Waals surface area (Å²) in [7, 11) is 0. The average Bonchev–Trinajstić information content (AvgIpc) is 2.17. The highest BCUT2D eigenvalue weighted by atomic mass is 35.5. The highest BCUT2D eigenvalue weighted by Crippen LogP contribution is 2.13. The second-order valence-electron chi connectivity index (χ2n) is 3.70. The summed E-state index contributed by atoms with van der Waals surface area (Å²) in [6.07, 6.45) is 2.96. The average molecular weight is 228 g/mol.